The van der Waals surface area contributed by atoms with E-state index in [2.05, 4.69) is 10.5 Å². The van der Waals surface area contributed by atoms with Gasteiger partial charge in [-0.25, -0.2) is 4.39 Å². The van der Waals surface area contributed by atoms with E-state index in [-0.39, 0.29) is 5.69 Å². The Morgan fingerprint density at radius 3 is 2.48 bits per heavy atom. The maximum Gasteiger partial charge on any atom is 0.416 e. The smallest absolute Gasteiger partial charge is 0.383 e. The van der Waals surface area contributed by atoms with Crippen LogP contribution in [0.15, 0.2) is 53.7 Å². The molecule has 0 fully saturated rings. The molecule has 2 aromatic rings. The van der Waals surface area contributed by atoms with Crippen molar-refractivity contribution in [3.63, 3.8) is 0 Å². The second-order valence-corrected chi connectivity index (χ2v) is 5.10. The summed E-state index contributed by atoms with van der Waals surface area (Å²) in [4.78, 5) is 16.9. The zero-order valence-corrected chi connectivity index (χ0v) is 13.0. The zero-order chi connectivity index (χ0) is 18.4. The molecule has 2 aromatic carbocycles. The van der Waals surface area contributed by atoms with Crippen LogP contribution >= 0.6 is 0 Å². The maximum atomic E-state index is 13.0. The third-order valence-electron chi connectivity index (χ3n) is 3.12. The molecular weight excluding hydrogens is 340 g/mol. The minimum absolute atomic E-state index is 0.197. The van der Waals surface area contributed by atoms with Gasteiger partial charge in [0.05, 0.1) is 11.8 Å². The van der Waals surface area contributed by atoms with Gasteiger partial charge in [0.2, 0.25) is 6.10 Å². The van der Waals surface area contributed by atoms with Crippen molar-refractivity contribution in [2.75, 3.05) is 5.32 Å². The molecule has 0 bridgehead atoms. The van der Waals surface area contributed by atoms with E-state index in [1.807, 2.05) is 0 Å². The molecule has 0 radical (unpaired) electrons. The van der Waals surface area contributed by atoms with Crippen LogP contribution in [-0.2, 0) is 15.8 Å². The number of halogens is 4. The average molecular weight is 354 g/mol. The fourth-order valence-corrected chi connectivity index (χ4v) is 1.80. The molecule has 4 nitrogen and oxygen atoms in total. The van der Waals surface area contributed by atoms with Gasteiger partial charge in [-0.3, -0.25) is 4.79 Å². The molecular formula is C17H14F4N2O2. The summed E-state index contributed by atoms with van der Waals surface area (Å²) in [7, 11) is 0. The Bertz CT molecular complexity index is 758. The monoisotopic (exact) mass is 354 g/mol. The van der Waals surface area contributed by atoms with E-state index in [4.69, 9.17) is 4.84 Å². The summed E-state index contributed by atoms with van der Waals surface area (Å²) in [5.74, 6) is -1.02. The van der Waals surface area contributed by atoms with Crippen molar-refractivity contribution in [3.05, 3.63) is 65.5 Å². The number of benzene rings is 2. The molecule has 0 spiro atoms. The molecule has 8 heteroatoms. The predicted octanol–water partition coefficient (Wildman–Crippen LogP) is 4.22. The highest BCUT2D eigenvalue weighted by Gasteiger charge is 2.30. The number of alkyl halides is 3. The molecule has 0 aliphatic carbocycles. The number of nitrogens with zero attached hydrogens (tertiary/aromatic N) is 1. The number of carbonyl (C=O) groups is 1. The first-order chi connectivity index (χ1) is 11.8. The highest BCUT2D eigenvalue weighted by Crippen LogP contribution is 2.29. The number of nitrogens with one attached hydrogen (secondary N) is 1. The molecule has 0 aliphatic heterocycles. The SMILES string of the molecule is C[C@@H](O/N=C\c1cccc(F)c1)C(=O)Nc1ccc(C(F)(F)F)cc1. The highest BCUT2D eigenvalue weighted by molar-refractivity contribution is 5.94. The van der Waals surface area contributed by atoms with Crippen LogP contribution in [0.25, 0.3) is 0 Å². The predicted molar refractivity (Wildman–Crippen MR) is 84.6 cm³/mol. The second-order valence-electron chi connectivity index (χ2n) is 5.10. The minimum Gasteiger partial charge on any atom is -0.383 e. The number of hydrogen-bond donors (Lipinski definition) is 1. The summed E-state index contributed by atoms with van der Waals surface area (Å²) in [6.07, 6.45) is -4.19. The summed E-state index contributed by atoms with van der Waals surface area (Å²) in [5, 5.41) is 6.00. The first-order valence-corrected chi connectivity index (χ1v) is 7.18. The standard InChI is InChI=1S/C17H14F4N2O2/c1-11(25-22-10-12-3-2-4-14(18)9-12)16(24)23-15-7-5-13(6-8-15)17(19,20)21/h2-11H,1H3,(H,23,24)/b22-10-/t11-/m1/s1. The van der Waals surface area contributed by atoms with Crippen molar-refractivity contribution >= 4 is 17.8 Å². The third-order valence-corrected chi connectivity index (χ3v) is 3.12. The molecule has 0 saturated carbocycles. The van der Waals surface area contributed by atoms with Crippen molar-refractivity contribution in [1.29, 1.82) is 0 Å². The van der Waals surface area contributed by atoms with Crippen molar-refractivity contribution in [3.8, 4) is 0 Å². The van der Waals surface area contributed by atoms with Crippen LogP contribution < -0.4 is 5.32 Å². The maximum absolute atomic E-state index is 13.0. The molecule has 2 rings (SSSR count). The van der Waals surface area contributed by atoms with Crippen LogP contribution in [0.5, 0.6) is 0 Å². The van der Waals surface area contributed by atoms with E-state index in [0.29, 0.717) is 5.56 Å². The fraction of sp³-hybridized carbons (Fsp3) is 0.176. The van der Waals surface area contributed by atoms with E-state index in [0.717, 1.165) is 24.3 Å². The summed E-state index contributed by atoms with van der Waals surface area (Å²) in [6.45, 7) is 1.42. The second kappa shape index (κ2) is 7.78. The van der Waals surface area contributed by atoms with Crippen molar-refractivity contribution < 1.29 is 27.2 Å². The van der Waals surface area contributed by atoms with Crippen molar-refractivity contribution in [2.45, 2.75) is 19.2 Å². The molecule has 0 aliphatic rings. The molecule has 0 heterocycles. The zero-order valence-electron chi connectivity index (χ0n) is 13.0. The highest BCUT2D eigenvalue weighted by atomic mass is 19.4. The molecule has 0 unspecified atom stereocenters. The number of anilines is 1. The van der Waals surface area contributed by atoms with Crippen LogP contribution in [0.2, 0.25) is 0 Å². The summed E-state index contributed by atoms with van der Waals surface area (Å²) in [5.41, 5.74) is -0.160. The van der Waals surface area contributed by atoms with E-state index in [1.165, 1.54) is 31.3 Å². The molecule has 1 amide bonds. The normalized spacial score (nSPS) is 12.8. The number of oxime groups is 1. The Labute approximate surface area is 141 Å². The van der Waals surface area contributed by atoms with Gasteiger partial charge in [-0.05, 0) is 48.9 Å². The van der Waals surface area contributed by atoms with Gasteiger partial charge in [0.15, 0.2) is 0 Å². The van der Waals surface area contributed by atoms with Gasteiger partial charge in [0.25, 0.3) is 5.91 Å². The summed E-state index contributed by atoms with van der Waals surface area (Å²) in [6, 6.07) is 9.62. The van der Waals surface area contributed by atoms with Crippen LogP contribution in [0.3, 0.4) is 0 Å². The first-order valence-electron chi connectivity index (χ1n) is 7.18. The van der Waals surface area contributed by atoms with E-state index in [9.17, 15) is 22.4 Å². The lowest BCUT2D eigenvalue weighted by molar-refractivity contribution is -0.137. The summed E-state index contributed by atoms with van der Waals surface area (Å²) < 4.78 is 50.4. The van der Waals surface area contributed by atoms with Crippen molar-refractivity contribution in [2.24, 2.45) is 5.16 Å². The number of amides is 1. The Balaban J connectivity index is 1.89. The van der Waals surface area contributed by atoms with Crippen LogP contribution in [0.4, 0.5) is 23.2 Å². The number of carbonyl (C=O) groups excluding carboxylic acids is 1. The lowest BCUT2D eigenvalue weighted by Crippen LogP contribution is -2.26. The van der Waals surface area contributed by atoms with Gasteiger partial charge >= 0.3 is 6.18 Å². The largest absolute Gasteiger partial charge is 0.416 e. The van der Waals surface area contributed by atoms with Gasteiger partial charge in [-0.1, -0.05) is 17.3 Å². The quantitative estimate of drug-likeness (QED) is 0.496. The Morgan fingerprint density at radius 2 is 1.88 bits per heavy atom. The molecule has 25 heavy (non-hydrogen) atoms. The topological polar surface area (TPSA) is 50.7 Å². The van der Waals surface area contributed by atoms with Gasteiger partial charge in [0, 0.05) is 5.69 Å². The van der Waals surface area contributed by atoms with E-state index < -0.39 is 29.6 Å². The minimum atomic E-state index is -4.44. The lowest BCUT2D eigenvalue weighted by atomic mass is 10.2. The average Bonchev–Trinajstić information content (AvgIpc) is 2.54. The molecule has 1 N–H and O–H groups in total. The van der Waals surface area contributed by atoms with E-state index in [1.54, 1.807) is 6.07 Å². The van der Waals surface area contributed by atoms with Crippen LogP contribution in [-0.4, -0.2) is 18.2 Å². The third kappa shape index (κ3) is 5.59. The van der Waals surface area contributed by atoms with Gasteiger partial charge in [-0.2, -0.15) is 13.2 Å². The fourth-order valence-electron chi connectivity index (χ4n) is 1.80. The van der Waals surface area contributed by atoms with Gasteiger partial charge < -0.3 is 10.2 Å². The Morgan fingerprint density at radius 1 is 1.20 bits per heavy atom. The first kappa shape index (κ1) is 18.4. The van der Waals surface area contributed by atoms with E-state index >= 15 is 0 Å². The van der Waals surface area contributed by atoms with Crippen LogP contribution in [0, 0.1) is 5.82 Å². The van der Waals surface area contributed by atoms with Crippen molar-refractivity contribution in [1.82, 2.24) is 0 Å². The molecule has 1 atom stereocenters. The summed E-state index contributed by atoms with van der Waals surface area (Å²) >= 11 is 0. The van der Waals surface area contributed by atoms with Gasteiger partial charge in [0.1, 0.15) is 5.82 Å². The Kier molecular flexibility index (Phi) is 5.74. The molecule has 132 valence electrons. The number of hydrogen-bond acceptors (Lipinski definition) is 3. The molecule has 0 aromatic heterocycles. The number of rotatable bonds is 5. The molecule has 0 saturated heterocycles. The van der Waals surface area contributed by atoms with Crippen LogP contribution in [0.1, 0.15) is 18.1 Å². The van der Waals surface area contributed by atoms with Gasteiger partial charge in [-0.15, -0.1) is 0 Å². The lowest BCUT2D eigenvalue weighted by Gasteiger charge is -2.11. The Hall–Kier alpha value is -2.90.